The van der Waals surface area contributed by atoms with Crippen molar-refractivity contribution < 1.29 is 13.2 Å². The van der Waals surface area contributed by atoms with E-state index >= 15 is 0 Å². The van der Waals surface area contributed by atoms with Crippen LogP contribution in [-0.4, -0.2) is 14.3 Å². The number of hydrogen-bond acceptors (Lipinski definition) is 4. The number of alkyl halides is 3. The van der Waals surface area contributed by atoms with Gasteiger partial charge < -0.3 is 0 Å². The molecule has 0 atom stereocenters. The third-order valence-electron chi connectivity index (χ3n) is 2.90. The van der Waals surface area contributed by atoms with Gasteiger partial charge in [-0.15, -0.1) is 5.10 Å². The van der Waals surface area contributed by atoms with E-state index in [0.29, 0.717) is 4.68 Å². The van der Waals surface area contributed by atoms with Gasteiger partial charge in [-0.3, -0.25) is 9.36 Å². The first-order valence-electron chi connectivity index (χ1n) is 6.11. The molecule has 0 amide bonds. The predicted molar refractivity (Wildman–Crippen MR) is 69.5 cm³/mol. The van der Waals surface area contributed by atoms with Crippen LogP contribution in [0.3, 0.4) is 0 Å². The van der Waals surface area contributed by atoms with E-state index in [1.165, 1.54) is 19.1 Å². The van der Waals surface area contributed by atoms with Crippen LogP contribution in [-0.2, 0) is 12.7 Å². The Morgan fingerprint density at radius 1 is 1.32 bits per heavy atom. The topological polar surface area (TPSA) is 80.7 Å². The van der Waals surface area contributed by atoms with Crippen molar-refractivity contribution in [3.05, 3.63) is 56.4 Å². The van der Waals surface area contributed by atoms with E-state index in [0.717, 1.165) is 22.8 Å². The number of nitrogens with zero attached hydrogens (tertiary/aromatic N) is 4. The van der Waals surface area contributed by atoms with Gasteiger partial charge in [0.15, 0.2) is 0 Å². The predicted octanol–water partition coefficient (Wildman–Crippen LogP) is 1.30. The number of benzene rings is 1. The molecule has 2 aromatic rings. The Balaban J connectivity index is 2.77. The lowest BCUT2D eigenvalue weighted by molar-refractivity contribution is -0.137. The lowest BCUT2D eigenvalue weighted by atomic mass is 10.2. The van der Waals surface area contributed by atoms with Gasteiger partial charge in [-0.05, 0) is 25.1 Å². The molecule has 1 aromatic carbocycles. The molecule has 9 heteroatoms. The fraction of sp³-hybridized carbons (Fsp3) is 0.231. The third kappa shape index (κ3) is 2.63. The summed E-state index contributed by atoms with van der Waals surface area (Å²) in [5.74, 6) is 0. The van der Waals surface area contributed by atoms with Crippen LogP contribution in [0.2, 0.25) is 0 Å². The van der Waals surface area contributed by atoms with Gasteiger partial charge in [0.1, 0.15) is 6.07 Å². The van der Waals surface area contributed by atoms with Crippen molar-refractivity contribution in [2.45, 2.75) is 19.6 Å². The summed E-state index contributed by atoms with van der Waals surface area (Å²) in [7, 11) is 0. The Hall–Kier alpha value is -2.89. The van der Waals surface area contributed by atoms with E-state index in [4.69, 9.17) is 5.26 Å². The average Bonchev–Trinajstić information content (AvgIpc) is 2.47. The number of halogens is 3. The fourth-order valence-electron chi connectivity index (χ4n) is 1.85. The van der Waals surface area contributed by atoms with Gasteiger partial charge in [0.25, 0.3) is 5.56 Å². The molecule has 2 rings (SSSR count). The molecule has 0 saturated heterocycles. The fourth-order valence-corrected chi connectivity index (χ4v) is 1.85. The van der Waals surface area contributed by atoms with E-state index < -0.39 is 28.7 Å². The van der Waals surface area contributed by atoms with Crippen LogP contribution in [0.4, 0.5) is 13.2 Å². The molecular weight excluding hydrogens is 301 g/mol. The van der Waals surface area contributed by atoms with Gasteiger partial charge in [0, 0.05) is 6.54 Å². The van der Waals surface area contributed by atoms with Gasteiger partial charge in [-0.1, -0.05) is 6.07 Å². The molecule has 6 nitrogen and oxygen atoms in total. The van der Waals surface area contributed by atoms with Gasteiger partial charge in [-0.25, -0.2) is 4.79 Å². The van der Waals surface area contributed by atoms with Gasteiger partial charge >= 0.3 is 11.9 Å². The molecule has 1 aromatic heterocycles. The summed E-state index contributed by atoms with van der Waals surface area (Å²) in [6.07, 6.45) is -4.59. The van der Waals surface area contributed by atoms with Crippen molar-refractivity contribution in [3.63, 3.8) is 0 Å². The normalized spacial score (nSPS) is 11.2. The van der Waals surface area contributed by atoms with E-state index in [-0.39, 0.29) is 12.2 Å². The second-order valence-corrected chi connectivity index (χ2v) is 4.25. The standard InChI is InChI=1S/C13H9F3N4O2/c1-2-19-11(21)10(7-17)18-20(12(19)22)9-5-3-4-8(6-9)13(14,15)16/h3-6H,2H2,1H3. The molecule has 0 N–H and O–H groups in total. The zero-order chi connectivity index (χ0) is 16.5. The number of nitriles is 1. The molecule has 0 radical (unpaired) electrons. The van der Waals surface area contributed by atoms with E-state index in [2.05, 4.69) is 5.10 Å². The van der Waals surface area contributed by atoms with Crippen LogP contribution in [0.5, 0.6) is 0 Å². The van der Waals surface area contributed by atoms with Crippen LogP contribution in [0, 0.1) is 11.3 Å². The molecule has 0 saturated carbocycles. The van der Waals surface area contributed by atoms with E-state index in [1.807, 2.05) is 0 Å². The third-order valence-corrected chi connectivity index (χ3v) is 2.90. The van der Waals surface area contributed by atoms with Crippen LogP contribution < -0.4 is 11.2 Å². The summed E-state index contributed by atoms with van der Waals surface area (Å²) in [4.78, 5) is 23.9. The Morgan fingerprint density at radius 3 is 2.55 bits per heavy atom. The molecule has 0 spiro atoms. The minimum Gasteiger partial charge on any atom is -0.266 e. The first-order chi connectivity index (χ1) is 10.3. The molecule has 0 aliphatic carbocycles. The van der Waals surface area contributed by atoms with Crippen molar-refractivity contribution in [1.82, 2.24) is 14.3 Å². The molecule has 0 aliphatic rings. The molecular formula is C13H9F3N4O2. The van der Waals surface area contributed by atoms with Crippen LogP contribution >= 0.6 is 0 Å². The number of rotatable bonds is 2. The maximum Gasteiger partial charge on any atom is 0.416 e. The van der Waals surface area contributed by atoms with Gasteiger partial charge in [0.05, 0.1) is 11.3 Å². The Morgan fingerprint density at radius 2 is 2.00 bits per heavy atom. The lowest BCUT2D eigenvalue weighted by Crippen LogP contribution is -2.42. The molecule has 0 fully saturated rings. The van der Waals surface area contributed by atoms with Crippen LogP contribution in [0.25, 0.3) is 5.69 Å². The Labute approximate surface area is 121 Å². The van der Waals surface area contributed by atoms with Crippen molar-refractivity contribution in [2.75, 3.05) is 0 Å². The first-order valence-corrected chi connectivity index (χ1v) is 6.11. The second kappa shape index (κ2) is 5.48. The van der Waals surface area contributed by atoms with E-state index in [9.17, 15) is 22.8 Å². The summed E-state index contributed by atoms with van der Waals surface area (Å²) in [5.41, 5.74) is -3.51. The highest BCUT2D eigenvalue weighted by Gasteiger charge is 2.30. The molecule has 114 valence electrons. The zero-order valence-electron chi connectivity index (χ0n) is 11.3. The number of aromatic nitrogens is 3. The van der Waals surface area contributed by atoms with Crippen LogP contribution in [0.1, 0.15) is 18.2 Å². The van der Waals surface area contributed by atoms with Crippen LogP contribution in [0.15, 0.2) is 33.9 Å². The van der Waals surface area contributed by atoms with Crippen molar-refractivity contribution in [2.24, 2.45) is 0 Å². The summed E-state index contributed by atoms with van der Waals surface area (Å²) in [6.45, 7) is 1.47. The maximum absolute atomic E-state index is 12.7. The van der Waals surface area contributed by atoms with Crippen molar-refractivity contribution in [1.29, 1.82) is 5.26 Å². The van der Waals surface area contributed by atoms with Gasteiger partial charge in [0.2, 0.25) is 5.69 Å². The summed E-state index contributed by atoms with van der Waals surface area (Å²) < 4.78 is 39.5. The zero-order valence-corrected chi connectivity index (χ0v) is 11.3. The highest BCUT2D eigenvalue weighted by atomic mass is 19.4. The Kier molecular flexibility index (Phi) is 3.86. The monoisotopic (exact) mass is 310 g/mol. The minimum absolute atomic E-state index is 0.0339. The van der Waals surface area contributed by atoms with E-state index in [1.54, 1.807) is 0 Å². The smallest absolute Gasteiger partial charge is 0.266 e. The lowest BCUT2D eigenvalue weighted by Gasteiger charge is -2.11. The molecule has 0 aliphatic heterocycles. The molecule has 0 bridgehead atoms. The summed E-state index contributed by atoms with van der Waals surface area (Å²) in [6, 6.07) is 5.43. The second-order valence-electron chi connectivity index (χ2n) is 4.25. The quantitative estimate of drug-likeness (QED) is 0.837. The number of hydrogen-bond donors (Lipinski definition) is 0. The molecule has 0 unspecified atom stereocenters. The van der Waals surface area contributed by atoms with Crippen molar-refractivity contribution in [3.8, 4) is 11.8 Å². The van der Waals surface area contributed by atoms with Crippen molar-refractivity contribution >= 4 is 0 Å². The summed E-state index contributed by atoms with van der Waals surface area (Å²) in [5, 5.41) is 12.4. The van der Waals surface area contributed by atoms with Gasteiger partial charge in [-0.2, -0.15) is 23.1 Å². The first kappa shape index (κ1) is 15.5. The molecule has 1 heterocycles. The maximum atomic E-state index is 12.7. The summed E-state index contributed by atoms with van der Waals surface area (Å²) >= 11 is 0. The average molecular weight is 310 g/mol. The highest BCUT2D eigenvalue weighted by molar-refractivity contribution is 5.36. The molecule has 22 heavy (non-hydrogen) atoms. The minimum atomic E-state index is -4.59. The highest BCUT2D eigenvalue weighted by Crippen LogP contribution is 2.29. The Bertz CT molecular complexity index is 875. The SMILES string of the molecule is CCn1c(=O)c(C#N)nn(-c2cccc(C(F)(F)F)c2)c1=O. The largest absolute Gasteiger partial charge is 0.416 e.